The van der Waals surface area contributed by atoms with Crippen molar-refractivity contribution in [3.63, 3.8) is 0 Å². The number of hydrogen-bond donors (Lipinski definition) is 1. The smallest absolute Gasteiger partial charge is 0.296 e. The molecule has 1 amide bonds. The zero-order valence-corrected chi connectivity index (χ0v) is 19.3. The summed E-state index contributed by atoms with van der Waals surface area (Å²) in [4.78, 5) is 32.3. The molecule has 4 aromatic rings. The molecule has 5 rings (SSSR count). The van der Waals surface area contributed by atoms with Crippen molar-refractivity contribution < 1.29 is 19.1 Å². The highest BCUT2D eigenvalue weighted by molar-refractivity contribution is 14.1. The number of furan rings is 1. The van der Waals surface area contributed by atoms with Gasteiger partial charge in [0.25, 0.3) is 5.91 Å². The Morgan fingerprint density at radius 1 is 1.19 bits per heavy atom. The first-order valence-electron chi connectivity index (χ1n) is 9.10. The van der Waals surface area contributed by atoms with Crippen LogP contribution in [0, 0.1) is 3.57 Å². The quantitative estimate of drug-likeness (QED) is 0.246. The molecular formula is C22H12ClIN2O4S. The Bertz CT molecular complexity index is 1360. The Morgan fingerprint density at radius 3 is 2.68 bits per heavy atom. The highest BCUT2D eigenvalue weighted by Gasteiger charge is 2.46. The number of aliphatic hydroxyl groups is 1. The summed E-state index contributed by atoms with van der Waals surface area (Å²) in [6, 6.07) is 14.9. The lowest BCUT2D eigenvalue weighted by Crippen LogP contribution is -2.30. The number of thiazole rings is 1. The number of halogens is 2. The van der Waals surface area contributed by atoms with Gasteiger partial charge in [0.2, 0.25) is 5.78 Å². The molecule has 3 heterocycles. The van der Waals surface area contributed by atoms with Gasteiger partial charge in [-0.2, -0.15) is 0 Å². The molecule has 0 saturated heterocycles. The second-order valence-electron chi connectivity index (χ2n) is 6.81. The van der Waals surface area contributed by atoms with E-state index in [0.717, 1.165) is 8.27 Å². The van der Waals surface area contributed by atoms with Crippen LogP contribution in [0.1, 0.15) is 22.2 Å². The van der Waals surface area contributed by atoms with E-state index in [4.69, 9.17) is 16.0 Å². The summed E-state index contributed by atoms with van der Waals surface area (Å²) in [6.45, 7) is 0. The molecule has 1 aliphatic heterocycles. The lowest BCUT2D eigenvalue weighted by Gasteiger charge is -2.24. The number of rotatable bonds is 4. The number of amides is 1. The zero-order valence-electron chi connectivity index (χ0n) is 15.6. The molecule has 0 spiro atoms. The summed E-state index contributed by atoms with van der Waals surface area (Å²) in [5.74, 6) is -1.81. The third kappa shape index (κ3) is 3.44. The van der Waals surface area contributed by atoms with E-state index >= 15 is 0 Å². The summed E-state index contributed by atoms with van der Waals surface area (Å²) in [5.41, 5.74) is 1.30. The maximum Gasteiger partial charge on any atom is 0.296 e. The Morgan fingerprint density at radius 2 is 1.97 bits per heavy atom. The van der Waals surface area contributed by atoms with Crippen LogP contribution in [0.3, 0.4) is 0 Å². The molecule has 0 saturated carbocycles. The number of carbonyl (C=O) groups excluding carboxylic acids is 2. The summed E-state index contributed by atoms with van der Waals surface area (Å²) < 4.78 is 7.04. The Balaban J connectivity index is 1.68. The first-order chi connectivity index (χ1) is 14.9. The van der Waals surface area contributed by atoms with Crippen LogP contribution in [-0.4, -0.2) is 21.8 Å². The number of fused-ring (bicyclic) bond motifs is 1. The topological polar surface area (TPSA) is 83.6 Å². The maximum atomic E-state index is 13.2. The zero-order chi connectivity index (χ0) is 21.7. The minimum absolute atomic E-state index is 0.0431. The van der Waals surface area contributed by atoms with Crippen LogP contribution in [0.5, 0.6) is 0 Å². The van der Waals surface area contributed by atoms with Crippen molar-refractivity contribution in [1.29, 1.82) is 0 Å². The summed E-state index contributed by atoms with van der Waals surface area (Å²) in [5, 5.41) is 11.7. The first kappa shape index (κ1) is 20.2. The van der Waals surface area contributed by atoms with Gasteiger partial charge in [0, 0.05) is 8.59 Å². The van der Waals surface area contributed by atoms with Gasteiger partial charge < -0.3 is 9.52 Å². The van der Waals surface area contributed by atoms with E-state index in [1.807, 2.05) is 24.3 Å². The summed E-state index contributed by atoms with van der Waals surface area (Å²) in [7, 11) is 0. The predicted molar refractivity (Wildman–Crippen MR) is 127 cm³/mol. The van der Waals surface area contributed by atoms with Gasteiger partial charge in [0.1, 0.15) is 0 Å². The number of carbonyl (C=O) groups is 2. The van der Waals surface area contributed by atoms with Crippen molar-refractivity contribution in [3.05, 3.63) is 92.1 Å². The van der Waals surface area contributed by atoms with Crippen LogP contribution < -0.4 is 4.90 Å². The average molecular weight is 563 g/mol. The molecular weight excluding hydrogens is 551 g/mol. The molecule has 0 fully saturated rings. The number of ketones is 1. The minimum Gasteiger partial charge on any atom is -0.503 e. The Hall–Kier alpha value is -2.69. The number of nitrogens with zero attached hydrogens (tertiary/aromatic N) is 2. The van der Waals surface area contributed by atoms with Crippen LogP contribution in [0.2, 0.25) is 5.02 Å². The molecule has 9 heteroatoms. The molecule has 0 aliphatic carbocycles. The molecule has 31 heavy (non-hydrogen) atoms. The van der Waals surface area contributed by atoms with Crippen molar-refractivity contribution in [3.8, 4) is 0 Å². The number of aliphatic hydroxyl groups excluding tert-OH is 1. The first-order valence-corrected chi connectivity index (χ1v) is 11.4. The number of aromatic nitrogens is 1. The fourth-order valence-corrected chi connectivity index (χ4v) is 5.15. The van der Waals surface area contributed by atoms with Gasteiger partial charge in [0.15, 0.2) is 16.7 Å². The Labute approximate surface area is 198 Å². The van der Waals surface area contributed by atoms with Gasteiger partial charge in [-0.1, -0.05) is 35.1 Å². The fraction of sp³-hybridized carbons (Fsp3) is 0.0455. The lowest BCUT2D eigenvalue weighted by molar-refractivity contribution is -0.117. The van der Waals surface area contributed by atoms with E-state index in [9.17, 15) is 14.7 Å². The summed E-state index contributed by atoms with van der Waals surface area (Å²) >= 11 is 9.54. The monoisotopic (exact) mass is 562 g/mol. The number of anilines is 1. The molecule has 1 aliphatic rings. The molecule has 0 radical (unpaired) electrons. The molecule has 2 aromatic carbocycles. The van der Waals surface area contributed by atoms with Crippen molar-refractivity contribution in [1.82, 2.24) is 4.98 Å². The summed E-state index contributed by atoms with van der Waals surface area (Å²) in [6.07, 6.45) is 1.37. The highest BCUT2D eigenvalue weighted by Crippen LogP contribution is 2.44. The number of benzene rings is 2. The molecule has 1 atom stereocenters. The number of hydrogen-bond acceptors (Lipinski definition) is 6. The van der Waals surface area contributed by atoms with E-state index in [0.29, 0.717) is 21.2 Å². The minimum atomic E-state index is -0.849. The van der Waals surface area contributed by atoms with Crippen LogP contribution in [0.25, 0.3) is 10.2 Å². The van der Waals surface area contributed by atoms with Crippen molar-refractivity contribution in [2.24, 2.45) is 0 Å². The second-order valence-corrected chi connectivity index (χ2v) is 9.50. The molecule has 2 aromatic heterocycles. The standard InChI is InChI=1S/C22H12ClIN2O4S/c23-12-5-8-14-16(10-12)31-22(25-14)26-18(11-3-6-13(24)7-4-11)17(20(28)21(26)29)19(27)15-2-1-9-30-15/h1-10,18,28H. The van der Waals surface area contributed by atoms with E-state index < -0.39 is 23.5 Å². The molecule has 1 unspecified atom stereocenters. The predicted octanol–water partition coefficient (Wildman–Crippen LogP) is 5.93. The SMILES string of the molecule is O=C(C1=C(O)C(=O)N(c2nc3ccc(Cl)cc3s2)C1c1ccc(I)cc1)c1ccco1. The van der Waals surface area contributed by atoms with Crippen LogP contribution in [-0.2, 0) is 4.79 Å². The lowest BCUT2D eigenvalue weighted by atomic mass is 9.95. The number of Topliss-reactive ketones (excluding diaryl/α,β-unsaturated/α-hetero) is 1. The largest absolute Gasteiger partial charge is 0.503 e. The van der Waals surface area contributed by atoms with Crippen LogP contribution >= 0.6 is 45.5 Å². The van der Waals surface area contributed by atoms with Crippen molar-refractivity contribution >= 4 is 72.6 Å². The fourth-order valence-electron chi connectivity index (χ4n) is 3.52. The van der Waals surface area contributed by atoms with Crippen molar-refractivity contribution in [2.75, 3.05) is 4.90 Å². The van der Waals surface area contributed by atoms with Crippen LogP contribution in [0.4, 0.5) is 5.13 Å². The van der Waals surface area contributed by atoms with Gasteiger partial charge in [-0.25, -0.2) is 4.98 Å². The highest BCUT2D eigenvalue weighted by atomic mass is 127. The molecule has 0 bridgehead atoms. The van der Waals surface area contributed by atoms with Gasteiger partial charge in [-0.05, 0) is 70.6 Å². The molecule has 154 valence electrons. The normalized spacial score (nSPS) is 16.5. The molecule has 1 N–H and O–H groups in total. The Kier molecular flexibility index (Phi) is 5.07. The van der Waals surface area contributed by atoms with Crippen molar-refractivity contribution in [2.45, 2.75) is 6.04 Å². The van der Waals surface area contributed by atoms with Crippen LogP contribution in [0.15, 0.2) is 76.6 Å². The van der Waals surface area contributed by atoms with Gasteiger partial charge >= 0.3 is 0 Å². The van der Waals surface area contributed by atoms with Gasteiger partial charge in [0.05, 0.1) is 28.1 Å². The second kappa shape index (κ2) is 7.77. The van der Waals surface area contributed by atoms with E-state index in [1.54, 1.807) is 24.3 Å². The average Bonchev–Trinajstić information content (AvgIpc) is 3.47. The van der Waals surface area contributed by atoms with E-state index in [-0.39, 0.29) is 11.3 Å². The van der Waals surface area contributed by atoms with E-state index in [2.05, 4.69) is 27.6 Å². The van der Waals surface area contributed by atoms with E-state index in [1.165, 1.54) is 28.6 Å². The third-order valence-corrected chi connectivity index (χ3v) is 6.90. The molecule has 6 nitrogen and oxygen atoms in total. The third-order valence-electron chi connectivity index (χ3n) is 4.93. The maximum absolute atomic E-state index is 13.2. The van der Waals surface area contributed by atoms with Gasteiger partial charge in [-0.3, -0.25) is 14.5 Å². The van der Waals surface area contributed by atoms with Gasteiger partial charge in [-0.15, -0.1) is 0 Å².